The Hall–Kier alpha value is -2.61. The van der Waals surface area contributed by atoms with Crippen molar-refractivity contribution in [1.82, 2.24) is 9.80 Å². The van der Waals surface area contributed by atoms with Crippen LogP contribution < -0.4 is 4.74 Å². The summed E-state index contributed by atoms with van der Waals surface area (Å²) in [5, 5.41) is 14.8. The summed E-state index contributed by atoms with van der Waals surface area (Å²) in [4.78, 5) is 35.5. The molecule has 0 spiro atoms. The number of hydrogen-bond donors (Lipinski definition) is 2. The summed E-state index contributed by atoms with van der Waals surface area (Å²) in [5.74, 6) is -2.04. The molecule has 2 N–H and O–H groups in total. The van der Waals surface area contributed by atoms with Gasteiger partial charge in [0.25, 0.3) is 5.91 Å². The van der Waals surface area contributed by atoms with E-state index in [9.17, 15) is 4.79 Å². The Morgan fingerprint density at radius 3 is 2.17 bits per heavy atom. The molecule has 2 atom stereocenters. The normalized spacial score (nSPS) is 22.2. The van der Waals surface area contributed by atoms with Gasteiger partial charge in [0, 0.05) is 32.2 Å². The van der Waals surface area contributed by atoms with Crippen molar-refractivity contribution in [2.24, 2.45) is 5.92 Å². The number of benzene rings is 1. The van der Waals surface area contributed by atoms with E-state index in [4.69, 9.17) is 24.5 Å². The largest absolute Gasteiger partial charge is 0.496 e. The molecular weight excluding hydrogens is 376 g/mol. The van der Waals surface area contributed by atoms with E-state index in [1.54, 1.807) is 7.11 Å². The molecule has 2 unspecified atom stereocenters. The Balaban J connectivity index is 0.000000438. The lowest BCUT2D eigenvalue weighted by atomic mass is 9.86. The number of aliphatic carboxylic acids is 2. The van der Waals surface area contributed by atoms with Gasteiger partial charge < -0.3 is 19.8 Å². The van der Waals surface area contributed by atoms with Gasteiger partial charge in [-0.25, -0.2) is 9.59 Å². The molecule has 1 aromatic rings. The molecule has 0 bridgehead atoms. The Bertz CT molecular complexity index is 703. The monoisotopic (exact) mass is 406 g/mol. The van der Waals surface area contributed by atoms with E-state index in [2.05, 4.69) is 11.8 Å². The molecular formula is C21H30N2O6. The number of para-hydroxylation sites is 1. The lowest BCUT2D eigenvalue weighted by molar-refractivity contribution is -0.159. The topological polar surface area (TPSA) is 107 Å². The molecule has 1 saturated carbocycles. The van der Waals surface area contributed by atoms with Gasteiger partial charge in [-0.05, 0) is 30.9 Å². The van der Waals surface area contributed by atoms with Crippen LogP contribution >= 0.6 is 0 Å². The van der Waals surface area contributed by atoms with Gasteiger partial charge in [-0.3, -0.25) is 9.69 Å². The number of rotatable bonds is 3. The maximum absolute atomic E-state index is 12.7. The van der Waals surface area contributed by atoms with Crippen LogP contribution in [0.1, 0.15) is 43.0 Å². The van der Waals surface area contributed by atoms with Gasteiger partial charge in [-0.15, -0.1) is 0 Å². The average molecular weight is 406 g/mol. The third-order valence-corrected chi connectivity index (χ3v) is 5.55. The highest BCUT2D eigenvalue weighted by molar-refractivity contribution is 6.27. The summed E-state index contributed by atoms with van der Waals surface area (Å²) in [5.41, 5.74) is 0.676. The fourth-order valence-corrected chi connectivity index (χ4v) is 4.02. The molecule has 1 heterocycles. The molecule has 2 fully saturated rings. The zero-order chi connectivity index (χ0) is 21.4. The molecule has 2 aliphatic rings. The van der Waals surface area contributed by atoms with Crippen molar-refractivity contribution in [2.45, 2.75) is 38.6 Å². The number of nitrogens with zero attached hydrogens (tertiary/aromatic N) is 2. The highest BCUT2D eigenvalue weighted by Crippen LogP contribution is 2.28. The predicted molar refractivity (Wildman–Crippen MR) is 107 cm³/mol. The lowest BCUT2D eigenvalue weighted by Gasteiger charge is -2.42. The fourth-order valence-electron chi connectivity index (χ4n) is 4.02. The van der Waals surface area contributed by atoms with Crippen molar-refractivity contribution in [3.05, 3.63) is 29.8 Å². The summed E-state index contributed by atoms with van der Waals surface area (Å²) in [6.45, 7) is 6.01. The van der Waals surface area contributed by atoms with E-state index in [0.29, 0.717) is 11.3 Å². The molecule has 3 rings (SSSR count). The van der Waals surface area contributed by atoms with Gasteiger partial charge in [-0.2, -0.15) is 0 Å². The molecule has 29 heavy (non-hydrogen) atoms. The Kier molecular flexibility index (Phi) is 8.45. The molecule has 0 radical (unpaired) electrons. The number of carboxylic acid groups (broad SMARTS) is 2. The SMILES string of the molecule is COc1ccccc1C(=O)N1CCN(C2CCCC(C)C2)CC1.O=C(O)C(=O)O. The van der Waals surface area contributed by atoms with Crippen LogP contribution in [-0.2, 0) is 9.59 Å². The molecule has 8 nitrogen and oxygen atoms in total. The molecule has 1 aliphatic heterocycles. The van der Waals surface area contributed by atoms with E-state index in [1.165, 1.54) is 25.7 Å². The number of methoxy groups -OCH3 is 1. The molecule has 1 aliphatic carbocycles. The van der Waals surface area contributed by atoms with Crippen LogP contribution in [0.25, 0.3) is 0 Å². The fraction of sp³-hybridized carbons (Fsp3) is 0.571. The minimum atomic E-state index is -1.82. The first-order valence-electron chi connectivity index (χ1n) is 9.96. The quantitative estimate of drug-likeness (QED) is 0.741. The van der Waals surface area contributed by atoms with Crippen LogP contribution in [0.4, 0.5) is 0 Å². The number of carboxylic acids is 2. The second-order valence-corrected chi connectivity index (χ2v) is 7.56. The number of ether oxygens (including phenoxy) is 1. The molecule has 1 aromatic carbocycles. The average Bonchev–Trinajstić information content (AvgIpc) is 2.73. The first-order valence-corrected chi connectivity index (χ1v) is 9.96. The Morgan fingerprint density at radius 2 is 1.62 bits per heavy atom. The van der Waals surface area contributed by atoms with Gasteiger partial charge in [0.05, 0.1) is 12.7 Å². The summed E-state index contributed by atoms with van der Waals surface area (Å²) in [6.07, 6.45) is 5.38. The zero-order valence-electron chi connectivity index (χ0n) is 17.0. The molecule has 1 saturated heterocycles. The molecule has 160 valence electrons. The number of carbonyl (C=O) groups is 3. The first-order chi connectivity index (χ1) is 13.8. The first kappa shape index (κ1) is 22.7. The van der Waals surface area contributed by atoms with E-state index in [0.717, 1.165) is 38.1 Å². The predicted octanol–water partition coefficient (Wildman–Crippen LogP) is 2.19. The zero-order valence-corrected chi connectivity index (χ0v) is 17.0. The van der Waals surface area contributed by atoms with Gasteiger partial charge in [0.15, 0.2) is 0 Å². The van der Waals surface area contributed by atoms with E-state index in [1.807, 2.05) is 29.2 Å². The van der Waals surface area contributed by atoms with Gasteiger partial charge in [-0.1, -0.05) is 31.9 Å². The summed E-state index contributed by atoms with van der Waals surface area (Å²) in [6, 6.07) is 8.23. The van der Waals surface area contributed by atoms with Crippen LogP contribution in [0, 0.1) is 5.92 Å². The van der Waals surface area contributed by atoms with Crippen molar-refractivity contribution in [1.29, 1.82) is 0 Å². The summed E-state index contributed by atoms with van der Waals surface area (Å²) in [7, 11) is 1.62. The van der Waals surface area contributed by atoms with Crippen molar-refractivity contribution in [3.8, 4) is 5.75 Å². The van der Waals surface area contributed by atoms with Crippen molar-refractivity contribution < 1.29 is 29.3 Å². The van der Waals surface area contributed by atoms with Crippen LogP contribution in [0.15, 0.2) is 24.3 Å². The molecule has 8 heteroatoms. The van der Waals surface area contributed by atoms with Crippen LogP contribution in [-0.4, -0.2) is 77.2 Å². The minimum Gasteiger partial charge on any atom is -0.496 e. The van der Waals surface area contributed by atoms with E-state index in [-0.39, 0.29) is 5.91 Å². The number of hydrogen-bond acceptors (Lipinski definition) is 5. The second-order valence-electron chi connectivity index (χ2n) is 7.56. The van der Waals surface area contributed by atoms with Crippen LogP contribution in [0.5, 0.6) is 5.75 Å². The standard InChI is InChI=1S/C19H28N2O2.C2H2O4/c1-15-6-5-7-16(14-15)20-10-12-21(13-11-20)19(22)17-8-3-4-9-18(17)23-2;3-1(4)2(5)6/h3-4,8-9,15-16H,5-7,10-14H2,1-2H3;(H,3,4)(H,5,6). The van der Waals surface area contributed by atoms with Crippen molar-refractivity contribution in [3.63, 3.8) is 0 Å². The number of carbonyl (C=O) groups excluding carboxylic acids is 1. The van der Waals surface area contributed by atoms with Crippen molar-refractivity contribution in [2.75, 3.05) is 33.3 Å². The third-order valence-electron chi connectivity index (χ3n) is 5.55. The van der Waals surface area contributed by atoms with Gasteiger partial charge in [0.2, 0.25) is 0 Å². The van der Waals surface area contributed by atoms with Crippen molar-refractivity contribution >= 4 is 17.8 Å². The maximum Gasteiger partial charge on any atom is 0.414 e. The van der Waals surface area contributed by atoms with Gasteiger partial charge >= 0.3 is 11.9 Å². The van der Waals surface area contributed by atoms with Gasteiger partial charge in [0.1, 0.15) is 5.75 Å². The van der Waals surface area contributed by atoms with Crippen LogP contribution in [0.2, 0.25) is 0 Å². The minimum absolute atomic E-state index is 0.0964. The molecule has 1 amide bonds. The van der Waals surface area contributed by atoms with Crippen LogP contribution in [0.3, 0.4) is 0 Å². The Morgan fingerprint density at radius 1 is 1.00 bits per heavy atom. The summed E-state index contributed by atoms with van der Waals surface area (Å²) < 4.78 is 5.33. The Labute approximate surface area is 171 Å². The van der Waals surface area contributed by atoms with E-state index < -0.39 is 11.9 Å². The number of amides is 1. The smallest absolute Gasteiger partial charge is 0.414 e. The molecule has 0 aromatic heterocycles. The maximum atomic E-state index is 12.7. The summed E-state index contributed by atoms with van der Waals surface area (Å²) >= 11 is 0. The second kappa shape index (κ2) is 10.8. The highest BCUT2D eigenvalue weighted by Gasteiger charge is 2.29. The lowest BCUT2D eigenvalue weighted by Crippen LogP contribution is -2.52. The number of piperazine rings is 1. The third kappa shape index (κ3) is 6.45. The van der Waals surface area contributed by atoms with E-state index >= 15 is 0 Å². The highest BCUT2D eigenvalue weighted by atomic mass is 16.5.